The standard InChI is InChI=1S/C42H30Cl2N4O3S2/c1-26-18-20-27(21-19-26)34-25-52-42(33(34)24-45)48-41(51)38(28-10-4-2-5-11-28)53-32-16-9-15-31(23-32)46-40(50)36(22-30-14-8-17-35(43)37(30)44)47-39(49)29-12-6-3-7-13-29/h2-23,25,38H,1H3,(H,46,50)(H,47,49)(H,48,51)/b36-22+. The van der Waals surface area contributed by atoms with Gasteiger partial charge in [0, 0.05) is 27.1 Å². The van der Waals surface area contributed by atoms with Crippen LogP contribution in [-0.4, -0.2) is 17.7 Å². The molecule has 6 aromatic rings. The molecule has 0 saturated carbocycles. The summed E-state index contributed by atoms with van der Waals surface area (Å²) >= 11 is 15.3. The quantitative estimate of drug-likeness (QED) is 0.0897. The van der Waals surface area contributed by atoms with E-state index in [1.807, 2.05) is 73.0 Å². The zero-order chi connectivity index (χ0) is 37.3. The second-order valence-electron chi connectivity index (χ2n) is 11.7. The highest BCUT2D eigenvalue weighted by molar-refractivity contribution is 8.00. The van der Waals surface area contributed by atoms with E-state index in [0.29, 0.717) is 37.3 Å². The van der Waals surface area contributed by atoms with E-state index >= 15 is 0 Å². The van der Waals surface area contributed by atoms with Crippen molar-refractivity contribution in [3.8, 4) is 17.2 Å². The maximum Gasteiger partial charge on any atom is 0.272 e. The van der Waals surface area contributed by atoms with Gasteiger partial charge < -0.3 is 16.0 Å². The highest BCUT2D eigenvalue weighted by Gasteiger charge is 2.25. The second kappa shape index (κ2) is 17.3. The molecule has 0 bridgehead atoms. The van der Waals surface area contributed by atoms with Crippen molar-refractivity contribution in [3.63, 3.8) is 0 Å². The average molecular weight is 774 g/mol. The van der Waals surface area contributed by atoms with Crippen LogP contribution in [0.5, 0.6) is 0 Å². The lowest BCUT2D eigenvalue weighted by Crippen LogP contribution is -2.30. The number of carbonyl (C=O) groups is 3. The Balaban J connectivity index is 1.25. The molecule has 6 rings (SSSR count). The molecule has 0 aliphatic carbocycles. The fraction of sp³-hybridized carbons (Fsp3) is 0.0476. The number of aryl methyl sites for hydroxylation is 1. The van der Waals surface area contributed by atoms with E-state index in [0.717, 1.165) is 22.3 Å². The number of amides is 3. The molecular formula is C42H30Cl2N4O3S2. The molecule has 3 N–H and O–H groups in total. The van der Waals surface area contributed by atoms with Crippen LogP contribution in [0.1, 0.15) is 37.9 Å². The van der Waals surface area contributed by atoms with Crippen LogP contribution in [0, 0.1) is 18.3 Å². The van der Waals surface area contributed by atoms with Crippen LogP contribution in [0.4, 0.5) is 10.7 Å². The summed E-state index contributed by atoms with van der Waals surface area (Å²) in [6.07, 6.45) is 1.46. The lowest BCUT2D eigenvalue weighted by atomic mass is 10.0. The summed E-state index contributed by atoms with van der Waals surface area (Å²) in [6, 6.07) is 40.1. The zero-order valence-electron chi connectivity index (χ0n) is 28.1. The Morgan fingerprint density at radius 1 is 0.830 bits per heavy atom. The number of halogens is 2. The fourth-order valence-corrected chi connectivity index (χ4v) is 7.66. The maximum absolute atomic E-state index is 14.0. The van der Waals surface area contributed by atoms with Crippen molar-refractivity contribution < 1.29 is 14.4 Å². The van der Waals surface area contributed by atoms with E-state index < -0.39 is 17.1 Å². The van der Waals surface area contributed by atoms with E-state index in [4.69, 9.17) is 23.2 Å². The van der Waals surface area contributed by atoms with Crippen molar-refractivity contribution in [2.24, 2.45) is 0 Å². The average Bonchev–Trinajstić information content (AvgIpc) is 3.58. The Morgan fingerprint density at radius 2 is 1.53 bits per heavy atom. The number of anilines is 2. The minimum atomic E-state index is -0.704. The van der Waals surface area contributed by atoms with Gasteiger partial charge in [0.05, 0.1) is 15.6 Å². The molecule has 53 heavy (non-hydrogen) atoms. The molecule has 0 aliphatic rings. The van der Waals surface area contributed by atoms with Crippen molar-refractivity contribution in [1.29, 1.82) is 5.26 Å². The second-order valence-corrected chi connectivity index (χ2v) is 14.6. The zero-order valence-corrected chi connectivity index (χ0v) is 31.2. The molecule has 0 aliphatic heterocycles. The topological polar surface area (TPSA) is 111 Å². The van der Waals surface area contributed by atoms with Crippen LogP contribution in [0.2, 0.25) is 10.0 Å². The number of rotatable bonds is 11. The van der Waals surface area contributed by atoms with Crippen LogP contribution in [-0.2, 0) is 9.59 Å². The molecule has 1 atom stereocenters. The van der Waals surface area contributed by atoms with E-state index in [1.54, 1.807) is 66.7 Å². The Morgan fingerprint density at radius 3 is 2.25 bits per heavy atom. The highest BCUT2D eigenvalue weighted by Crippen LogP contribution is 2.40. The van der Waals surface area contributed by atoms with Crippen LogP contribution in [0.25, 0.3) is 17.2 Å². The third-order valence-corrected chi connectivity index (χ3v) is 11.0. The summed E-state index contributed by atoms with van der Waals surface area (Å²) in [7, 11) is 0. The number of thiophene rings is 1. The molecule has 1 aromatic heterocycles. The molecule has 0 fully saturated rings. The van der Waals surface area contributed by atoms with Gasteiger partial charge >= 0.3 is 0 Å². The van der Waals surface area contributed by atoms with Crippen molar-refractivity contribution in [3.05, 3.63) is 176 Å². The van der Waals surface area contributed by atoms with Crippen LogP contribution in [0.3, 0.4) is 0 Å². The van der Waals surface area contributed by atoms with Crippen LogP contribution >= 0.6 is 46.3 Å². The largest absolute Gasteiger partial charge is 0.321 e. The summed E-state index contributed by atoms with van der Waals surface area (Å²) in [5.74, 6) is -1.39. The first-order valence-electron chi connectivity index (χ1n) is 16.2. The third-order valence-electron chi connectivity index (χ3n) is 8.00. The highest BCUT2D eigenvalue weighted by atomic mass is 35.5. The molecule has 7 nitrogen and oxygen atoms in total. The maximum atomic E-state index is 14.0. The lowest BCUT2D eigenvalue weighted by molar-refractivity contribution is -0.116. The van der Waals surface area contributed by atoms with Crippen molar-refractivity contribution in [2.75, 3.05) is 10.6 Å². The van der Waals surface area contributed by atoms with Gasteiger partial charge in [0.15, 0.2) is 0 Å². The molecule has 3 amide bonds. The molecule has 0 radical (unpaired) electrons. The number of benzene rings is 5. The molecule has 262 valence electrons. The van der Waals surface area contributed by atoms with Crippen molar-refractivity contribution in [1.82, 2.24) is 5.32 Å². The molecule has 1 heterocycles. The first kappa shape index (κ1) is 37.1. The summed E-state index contributed by atoms with van der Waals surface area (Å²) in [6.45, 7) is 2.00. The number of carbonyl (C=O) groups excluding carboxylic acids is 3. The lowest BCUT2D eigenvalue weighted by Gasteiger charge is -2.18. The Hall–Kier alpha value is -5.63. The minimum absolute atomic E-state index is 0.0585. The SMILES string of the molecule is Cc1ccc(-c2csc(NC(=O)C(Sc3cccc(NC(=O)/C(=C\c4cccc(Cl)c4Cl)NC(=O)c4ccccc4)c3)c3ccccc3)c2C#N)cc1. The van der Waals surface area contributed by atoms with Gasteiger partial charge in [-0.15, -0.1) is 23.1 Å². The predicted octanol–water partition coefficient (Wildman–Crippen LogP) is 10.8. The van der Waals surface area contributed by atoms with Crippen molar-refractivity contribution >= 4 is 80.8 Å². The molecule has 11 heteroatoms. The van der Waals surface area contributed by atoms with E-state index in [9.17, 15) is 19.6 Å². The number of nitrogens with zero attached hydrogens (tertiary/aromatic N) is 1. The summed E-state index contributed by atoms with van der Waals surface area (Å²) in [5, 5.41) is 20.8. The van der Waals surface area contributed by atoms with Crippen molar-refractivity contribution in [2.45, 2.75) is 17.1 Å². The first-order valence-corrected chi connectivity index (χ1v) is 18.8. The Bertz CT molecular complexity index is 2360. The Kier molecular flexibility index (Phi) is 12.1. The smallest absolute Gasteiger partial charge is 0.272 e. The van der Waals surface area contributed by atoms with Gasteiger partial charge in [-0.1, -0.05) is 120 Å². The summed E-state index contributed by atoms with van der Waals surface area (Å²) < 4.78 is 0. The van der Waals surface area contributed by atoms with E-state index in [2.05, 4.69) is 22.0 Å². The Labute approximate surface area is 325 Å². The van der Waals surface area contributed by atoms with Gasteiger partial charge in [0.25, 0.3) is 11.8 Å². The van der Waals surface area contributed by atoms with Gasteiger partial charge in [0.1, 0.15) is 22.0 Å². The number of thioether (sulfide) groups is 1. The van der Waals surface area contributed by atoms with Gasteiger partial charge in [-0.3, -0.25) is 14.4 Å². The summed E-state index contributed by atoms with van der Waals surface area (Å²) in [4.78, 5) is 41.6. The predicted molar refractivity (Wildman–Crippen MR) is 216 cm³/mol. The normalized spacial score (nSPS) is 11.6. The van der Waals surface area contributed by atoms with Crippen LogP contribution < -0.4 is 16.0 Å². The number of nitrogens with one attached hydrogen (secondary N) is 3. The minimum Gasteiger partial charge on any atom is -0.321 e. The van der Waals surface area contributed by atoms with Gasteiger partial charge in [-0.25, -0.2) is 0 Å². The van der Waals surface area contributed by atoms with Crippen LogP contribution in [0.15, 0.2) is 143 Å². The molecule has 0 spiro atoms. The molecule has 5 aromatic carbocycles. The fourth-order valence-electron chi connectivity index (χ4n) is 5.30. The monoisotopic (exact) mass is 772 g/mol. The summed E-state index contributed by atoms with van der Waals surface area (Å²) in [5.41, 5.74) is 5.08. The number of hydrogen-bond donors (Lipinski definition) is 3. The molecule has 0 saturated heterocycles. The third kappa shape index (κ3) is 9.24. The van der Waals surface area contributed by atoms with Gasteiger partial charge in [-0.05, 0) is 66.1 Å². The number of hydrogen-bond acceptors (Lipinski definition) is 6. The van der Waals surface area contributed by atoms with E-state index in [-0.39, 0.29) is 16.6 Å². The first-order chi connectivity index (χ1) is 25.7. The molecule has 1 unspecified atom stereocenters. The number of nitriles is 1. The van der Waals surface area contributed by atoms with Gasteiger partial charge in [0.2, 0.25) is 5.91 Å². The van der Waals surface area contributed by atoms with E-state index in [1.165, 1.54) is 29.2 Å². The van der Waals surface area contributed by atoms with Gasteiger partial charge in [-0.2, -0.15) is 5.26 Å². The molecular weight excluding hydrogens is 744 g/mol.